The number of aliphatic imine (C=N–C) groups is 1. The molecule has 0 bridgehead atoms. The third kappa shape index (κ3) is 4.85. The van der Waals surface area contributed by atoms with Crippen molar-refractivity contribution in [1.82, 2.24) is 20.4 Å². The fourth-order valence-electron chi connectivity index (χ4n) is 2.69. The van der Waals surface area contributed by atoms with Crippen molar-refractivity contribution in [1.29, 1.82) is 0 Å². The maximum atomic E-state index is 4.67. The highest BCUT2D eigenvalue weighted by Gasteiger charge is 2.09. The van der Waals surface area contributed by atoms with E-state index in [1.54, 1.807) is 0 Å². The zero-order chi connectivity index (χ0) is 17.5. The zero-order valence-corrected chi connectivity index (χ0v) is 15.5. The number of benzene rings is 1. The first kappa shape index (κ1) is 18.0. The van der Waals surface area contributed by atoms with Gasteiger partial charge in [0.2, 0.25) is 0 Å². The second-order valence-corrected chi connectivity index (χ2v) is 6.13. The lowest BCUT2D eigenvalue weighted by atomic mass is 10.1. The van der Waals surface area contributed by atoms with Crippen LogP contribution in [0.15, 0.2) is 29.3 Å². The lowest BCUT2D eigenvalue weighted by molar-refractivity contribution is 0.729. The molecule has 24 heavy (non-hydrogen) atoms. The third-order valence-corrected chi connectivity index (χ3v) is 4.21. The number of hydrogen-bond donors (Lipinski definition) is 2. The van der Waals surface area contributed by atoms with Crippen molar-refractivity contribution in [2.24, 2.45) is 12.0 Å². The van der Waals surface area contributed by atoms with Gasteiger partial charge < -0.3 is 10.6 Å². The van der Waals surface area contributed by atoms with E-state index in [1.807, 2.05) is 11.7 Å². The fraction of sp³-hybridized carbons (Fsp3) is 0.474. The molecule has 2 rings (SSSR count). The van der Waals surface area contributed by atoms with E-state index in [2.05, 4.69) is 72.7 Å². The molecule has 0 radical (unpaired) electrons. The molecule has 1 heterocycles. The van der Waals surface area contributed by atoms with Crippen LogP contribution in [0.3, 0.4) is 0 Å². The predicted molar refractivity (Wildman–Crippen MR) is 100 cm³/mol. The van der Waals surface area contributed by atoms with Crippen molar-refractivity contribution in [2.75, 3.05) is 13.1 Å². The number of aromatic nitrogens is 2. The molecule has 0 aliphatic rings. The van der Waals surface area contributed by atoms with E-state index < -0.39 is 0 Å². The van der Waals surface area contributed by atoms with Crippen molar-refractivity contribution in [2.45, 2.75) is 40.7 Å². The first-order valence-corrected chi connectivity index (χ1v) is 8.58. The molecule has 0 saturated carbocycles. The van der Waals surface area contributed by atoms with Crippen LogP contribution in [-0.2, 0) is 20.0 Å². The Bertz CT molecular complexity index is 683. The molecular formula is C19H29N5. The van der Waals surface area contributed by atoms with E-state index in [0.717, 1.165) is 31.2 Å². The number of nitrogens with zero attached hydrogens (tertiary/aromatic N) is 3. The summed E-state index contributed by atoms with van der Waals surface area (Å²) >= 11 is 0. The summed E-state index contributed by atoms with van der Waals surface area (Å²) < 4.78 is 1.95. The Balaban J connectivity index is 1.93. The van der Waals surface area contributed by atoms with Crippen LogP contribution in [0.1, 0.15) is 35.0 Å². The maximum absolute atomic E-state index is 4.67. The van der Waals surface area contributed by atoms with E-state index >= 15 is 0 Å². The largest absolute Gasteiger partial charge is 0.357 e. The summed E-state index contributed by atoms with van der Waals surface area (Å²) in [6, 6.07) is 8.51. The summed E-state index contributed by atoms with van der Waals surface area (Å²) in [6.07, 6.45) is 0.945. The maximum Gasteiger partial charge on any atom is 0.191 e. The summed E-state index contributed by atoms with van der Waals surface area (Å²) in [5.74, 6) is 0.859. The third-order valence-electron chi connectivity index (χ3n) is 4.21. The second-order valence-electron chi connectivity index (χ2n) is 6.13. The van der Waals surface area contributed by atoms with Gasteiger partial charge in [0, 0.05) is 25.8 Å². The summed E-state index contributed by atoms with van der Waals surface area (Å²) in [4.78, 5) is 4.67. The molecule has 0 saturated heterocycles. The molecule has 0 aliphatic carbocycles. The van der Waals surface area contributed by atoms with Gasteiger partial charge in [0.15, 0.2) is 5.96 Å². The highest BCUT2D eigenvalue weighted by Crippen LogP contribution is 2.11. The van der Waals surface area contributed by atoms with E-state index in [4.69, 9.17) is 0 Å². The number of guanidine groups is 1. The summed E-state index contributed by atoms with van der Waals surface area (Å²) in [5, 5.41) is 11.2. The van der Waals surface area contributed by atoms with Gasteiger partial charge in [0.25, 0.3) is 0 Å². The monoisotopic (exact) mass is 327 g/mol. The average molecular weight is 327 g/mol. The van der Waals surface area contributed by atoms with Gasteiger partial charge >= 0.3 is 0 Å². The normalized spacial score (nSPS) is 11.6. The Morgan fingerprint density at radius 3 is 2.42 bits per heavy atom. The van der Waals surface area contributed by atoms with Crippen molar-refractivity contribution < 1.29 is 0 Å². The lowest BCUT2D eigenvalue weighted by Crippen LogP contribution is -2.38. The smallest absolute Gasteiger partial charge is 0.191 e. The molecule has 0 fully saturated rings. The topological polar surface area (TPSA) is 54.2 Å². The summed E-state index contributed by atoms with van der Waals surface area (Å²) in [6.45, 7) is 10.7. The molecule has 0 spiro atoms. The van der Waals surface area contributed by atoms with Crippen LogP contribution < -0.4 is 10.6 Å². The van der Waals surface area contributed by atoms with Crippen LogP contribution >= 0.6 is 0 Å². The molecule has 2 aromatic rings. The highest BCUT2D eigenvalue weighted by molar-refractivity contribution is 5.79. The predicted octanol–water partition coefficient (Wildman–Crippen LogP) is 2.64. The molecule has 0 unspecified atom stereocenters. The molecule has 5 nitrogen and oxygen atoms in total. The first-order chi connectivity index (χ1) is 11.5. The molecule has 0 aliphatic heterocycles. The minimum absolute atomic E-state index is 0.681. The standard InChI is InChI=1S/C19H29N5/c1-6-20-19(22-13-17-9-7-14(2)8-10-17)21-12-11-18-15(3)23-24(5)16(18)4/h7-10H,6,11-13H2,1-5H3,(H2,20,21,22). The van der Waals surface area contributed by atoms with Crippen LogP contribution in [0.2, 0.25) is 0 Å². The number of aryl methyl sites for hydroxylation is 3. The molecule has 0 atom stereocenters. The second kappa shape index (κ2) is 8.52. The van der Waals surface area contributed by atoms with Gasteiger partial charge in [-0.05, 0) is 45.2 Å². The molecule has 1 aromatic heterocycles. The van der Waals surface area contributed by atoms with Gasteiger partial charge in [0.1, 0.15) is 0 Å². The zero-order valence-electron chi connectivity index (χ0n) is 15.5. The van der Waals surface area contributed by atoms with Gasteiger partial charge in [0.05, 0.1) is 12.2 Å². The first-order valence-electron chi connectivity index (χ1n) is 8.58. The van der Waals surface area contributed by atoms with E-state index in [-0.39, 0.29) is 0 Å². The summed E-state index contributed by atoms with van der Waals surface area (Å²) in [5.41, 5.74) is 6.15. The van der Waals surface area contributed by atoms with Crippen LogP contribution in [0, 0.1) is 20.8 Å². The van der Waals surface area contributed by atoms with Gasteiger partial charge in [-0.25, -0.2) is 4.99 Å². The average Bonchev–Trinajstić information content (AvgIpc) is 2.80. The molecule has 2 N–H and O–H groups in total. The number of rotatable bonds is 6. The van der Waals surface area contributed by atoms with Crippen LogP contribution in [0.5, 0.6) is 0 Å². The Labute approximate surface area is 145 Å². The molecule has 0 amide bonds. The van der Waals surface area contributed by atoms with Crippen molar-refractivity contribution in [3.8, 4) is 0 Å². The lowest BCUT2D eigenvalue weighted by Gasteiger charge is -2.11. The van der Waals surface area contributed by atoms with Gasteiger partial charge in [-0.15, -0.1) is 0 Å². The SMILES string of the molecule is CCNC(=NCc1ccc(C)cc1)NCCc1c(C)nn(C)c1C. The Morgan fingerprint density at radius 1 is 1.12 bits per heavy atom. The highest BCUT2D eigenvalue weighted by atomic mass is 15.3. The van der Waals surface area contributed by atoms with Gasteiger partial charge in [-0.2, -0.15) is 5.10 Å². The summed E-state index contributed by atoms with van der Waals surface area (Å²) in [7, 11) is 1.99. The van der Waals surface area contributed by atoms with Gasteiger partial charge in [-0.1, -0.05) is 29.8 Å². The van der Waals surface area contributed by atoms with Crippen LogP contribution in [0.25, 0.3) is 0 Å². The van der Waals surface area contributed by atoms with Crippen molar-refractivity contribution >= 4 is 5.96 Å². The molecular weight excluding hydrogens is 298 g/mol. The van der Waals surface area contributed by atoms with E-state index in [0.29, 0.717) is 6.54 Å². The minimum atomic E-state index is 0.681. The van der Waals surface area contributed by atoms with Crippen LogP contribution in [0.4, 0.5) is 0 Å². The van der Waals surface area contributed by atoms with E-state index in [9.17, 15) is 0 Å². The molecule has 5 heteroatoms. The van der Waals surface area contributed by atoms with Crippen molar-refractivity contribution in [3.63, 3.8) is 0 Å². The minimum Gasteiger partial charge on any atom is -0.357 e. The quantitative estimate of drug-likeness (QED) is 0.633. The van der Waals surface area contributed by atoms with Gasteiger partial charge in [-0.3, -0.25) is 4.68 Å². The molecule has 130 valence electrons. The van der Waals surface area contributed by atoms with Crippen molar-refractivity contribution in [3.05, 3.63) is 52.3 Å². The van der Waals surface area contributed by atoms with E-state index in [1.165, 1.54) is 22.4 Å². The number of nitrogens with one attached hydrogen (secondary N) is 2. The number of hydrogen-bond acceptors (Lipinski definition) is 2. The Kier molecular flexibility index (Phi) is 6.41. The fourth-order valence-corrected chi connectivity index (χ4v) is 2.69. The molecule has 1 aromatic carbocycles. The van der Waals surface area contributed by atoms with Crippen LogP contribution in [-0.4, -0.2) is 28.8 Å². The Morgan fingerprint density at radius 2 is 1.83 bits per heavy atom. The Hall–Kier alpha value is -2.30.